The van der Waals surface area contributed by atoms with Crippen LogP contribution in [0.25, 0.3) is 5.69 Å². The molecule has 9 nitrogen and oxygen atoms in total. The van der Waals surface area contributed by atoms with Gasteiger partial charge < -0.3 is 14.5 Å². The van der Waals surface area contributed by atoms with Gasteiger partial charge in [-0.25, -0.2) is 9.67 Å². The fraction of sp³-hybridized carbons (Fsp3) is 0.278. The third-order valence-corrected chi connectivity index (χ3v) is 4.41. The number of benzene rings is 1. The summed E-state index contributed by atoms with van der Waals surface area (Å²) >= 11 is 0. The second-order valence-electron chi connectivity index (χ2n) is 6.06. The summed E-state index contributed by atoms with van der Waals surface area (Å²) in [7, 11) is 1.57. The van der Waals surface area contributed by atoms with Gasteiger partial charge >= 0.3 is 0 Å². The number of ether oxygens (including phenoxy) is 1. The lowest BCUT2D eigenvalue weighted by molar-refractivity contribution is 0.0740. The summed E-state index contributed by atoms with van der Waals surface area (Å²) in [6, 6.07) is 11.3. The molecule has 0 aliphatic carbocycles. The molecule has 9 heteroatoms. The molecule has 3 heterocycles. The van der Waals surface area contributed by atoms with E-state index < -0.39 is 0 Å². The third-order valence-electron chi connectivity index (χ3n) is 4.41. The smallest absolute Gasteiger partial charge is 0.276 e. The summed E-state index contributed by atoms with van der Waals surface area (Å²) in [6.45, 7) is 2.42. The van der Waals surface area contributed by atoms with Gasteiger partial charge in [0, 0.05) is 38.4 Å². The number of para-hydroxylation sites is 1. The number of amides is 1. The van der Waals surface area contributed by atoms with Crippen LogP contribution >= 0.6 is 0 Å². The lowest BCUT2D eigenvalue weighted by Gasteiger charge is -2.34. The van der Waals surface area contributed by atoms with Gasteiger partial charge in [-0.2, -0.15) is 4.98 Å². The van der Waals surface area contributed by atoms with Crippen molar-refractivity contribution < 1.29 is 9.53 Å². The number of hydrogen-bond donors (Lipinski definition) is 0. The SMILES string of the molecule is COc1ccnc(N2CCN(C(=O)c3cn(-c4ccccc4)nn3)CC2)n1. The molecular weight excluding hydrogens is 346 g/mol. The maximum atomic E-state index is 12.7. The van der Waals surface area contributed by atoms with E-state index in [1.807, 2.05) is 35.2 Å². The molecule has 0 unspecified atom stereocenters. The standard InChI is InChI=1S/C18H19N7O2/c1-27-16-7-8-19-18(20-16)24-11-9-23(10-12-24)17(26)15-13-25(22-21-15)14-5-3-2-4-6-14/h2-8,13H,9-12H2,1H3. The number of aromatic nitrogens is 5. The van der Waals surface area contributed by atoms with Gasteiger partial charge in [-0.1, -0.05) is 23.4 Å². The Bertz CT molecular complexity index is 920. The molecule has 1 saturated heterocycles. The molecule has 0 radical (unpaired) electrons. The van der Waals surface area contributed by atoms with Crippen molar-refractivity contribution >= 4 is 11.9 Å². The van der Waals surface area contributed by atoms with Crippen LogP contribution in [0.5, 0.6) is 5.88 Å². The van der Waals surface area contributed by atoms with Crippen molar-refractivity contribution in [2.75, 3.05) is 38.2 Å². The van der Waals surface area contributed by atoms with E-state index in [1.165, 1.54) is 0 Å². The minimum absolute atomic E-state index is 0.122. The van der Waals surface area contributed by atoms with E-state index in [-0.39, 0.29) is 5.91 Å². The molecule has 3 aromatic rings. The van der Waals surface area contributed by atoms with Crippen molar-refractivity contribution in [2.45, 2.75) is 0 Å². The zero-order valence-electron chi connectivity index (χ0n) is 14.9. The van der Waals surface area contributed by atoms with Gasteiger partial charge in [0.05, 0.1) is 19.0 Å². The second-order valence-corrected chi connectivity index (χ2v) is 6.06. The molecule has 2 aromatic heterocycles. The molecule has 0 N–H and O–H groups in total. The van der Waals surface area contributed by atoms with Crippen LogP contribution in [0.1, 0.15) is 10.5 Å². The predicted octanol–water partition coefficient (Wildman–Crippen LogP) is 1.03. The van der Waals surface area contributed by atoms with Crippen LogP contribution < -0.4 is 9.64 Å². The molecule has 1 fully saturated rings. The van der Waals surface area contributed by atoms with Gasteiger partial charge in [0.1, 0.15) is 0 Å². The summed E-state index contributed by atoms with van der Waals surface area (Å²) in [5.41, 5.74) is 1.20. The van der Waals surface area contributed by atoms with Crippen LogP contribution in [0.2, 0.25) is 0 Å². The summed E-state index contributed by atoms with van der Waals surface area (Å²) in [6.07, 6.45) is 3.33. The average Bonchev–Trinajstić information content (AvgIpc) is 3.24. The largest absolute Gasteiger partial charge is 0.481 e. The van der Waals surface area contributed by atoms with Crippen molar-refractivity contribution in [3.8, 4) is 11.6 Å². The normalized spacial score (nSPS) is 14.3. The van der Waals surface area contributed by atoms with Crippen molar-refractivity contribution in [1.82, 2.24) is 29.9 Å². The van der Waals surface area contributed by atoms with Crippen LogP contribution in [0.4, 0.5) is 5.95 Å². The van der Waals surface area contributed by atoms with E-state index in [4.69, 9.17) is 4.74 Å². The monoisotopic (exact) mass is 365 g/mol. The highest BCUT2D eigenvalue weighted by atomic mass is 16.5. The molecule has 0 spiro atoms. The van der Waals surface area contributed by atoms with Gasteiger partial charge in [0.2, 0.25) is 11.8 Å². The number of hydrogen-bond acceptors (Lipinski definition) is 7. The molecule has 1 aromatic carbocycles. The van der Waals surface area contributed by atoms with Gasteiger partial charge in [0.25, 0.3) is 5.91 Å². The molecule has 138 valence electrons. The first kappa shape index (κ1) is 17.0. The summed E-state index contributed by atoms with van der Waals surface area (Å²) < 4.78 is 6.75. The third kappa shape index (κ3) is 3.57. The van der Waals surface area contributed by atoms with Crippen molar-refractivity contribution in [3.05, 3.63) is 54.5 Å². The van der Waals surface area contributed by atoms with E-state index in [9.17, 15) is 4.79 Å². The second kappa shape index (κ2) is 7.40. The van der Waals surface area contributed by atoms with Crippen LogP contribution in [0.3, 0.4) is 0 Å². The lowest BCUT2D eigenvalue weighted by Crippen LogP contribution is -2.49. The number of rotatable bonds is 4. The van der Waals surface area contributed by atoms with Crippen molar-refractivity contribution in [2.24, 2.45) is 0 Å². The van der Waals surface area contributed by atoms with E-state index in [0.717, 1.165) is 5.69 Å². The van der Waals surface area contributed by atoms with E-state index in [2.05, 4.69) is 20.3 Å². The van der Waals surface area contributed by atoms with Crippen molar-refractivity contribution in [1.29, 1.82) is 0 Å². The number of carbonyl (C=O) groups is 1. The fourth-order valence-electron chi connectivity index (χ4n) is 2.94. The van der Waals surface area contributed by atoms with Crippen LogP contribution in [0.15, 0.2) is 48.8 Å². The van der Waals surface area contributed by atoms with Crippen LogP contribution in [-0.2, 0) is 0 Å². The molecule has 27 heavy (non-hydrogen) atoms. The molecular formula is C18H19N7O2. The topological polar surface area (TPSA) is 89.3 Å². The minimum atomic E-state index is -0.122. The highest BCUT2D eigenvalue weighted by Gasteiger charge is 2.25. The maximum Gasteiger partial charge on any atom is 0.276 e. The predicted molar refractivity (Wildman–Crippen MR) is 98.1 cm³/mol. The number of piperazine rings is 1. The van der Waals surface area contributed by atoms with E-state index in [0.29, 0.717) is 43.7 Å². The molecule has 1 aliphatic rings. The molecule has 1 aliphatic heterocycles. The Morgan fingerprint density at radius 2 is 1.85 bits per heavy atom. The zero-order valence-corrected chi connectivity index (χ0v) is 14.9. The Morgan fingerprint density at radius 3 is 2.59 bits per heavy atom. The first-order chi connectivity index (χ1) is 13.2. The van der Waals surface area contributed by atoms with Gasteiger partial charge in [-0.05, 0) is 12.1 Å². The summed E-state index contributed by atoms with van der Waals surface area (Å²) in [5, 5.41) is 8.09. The van der Waals surface area contributed by atoms with E-state index >= 15 is 0 Å². The zero-order chi connectivity index (χ0) is 18.6. The molecule has 0 saturated carbocycles. The first-order valence-corrected chi connectivity index (χ1v) is 8.63. The van der Waals surface area contributed by atoms with Crippen LogP contribution in [-0.4, -0.2) is 69.1 Å². The van der Waals surface area contributed by atoms with Crippen molar-refractivity contribution in [3.63, 3.8) is 0 Å². The maximum absolute atomic E-state index is 12.7. The number of methoxy groups -OCH3 is 1. The quantitative estimate of drug-likeness (QED) is 0.682. The average molecular weight is 365 g/mol. The Kier molecular flexibility index (Phi) is 4.65. The molecule has 0 atom stereocenters. The highest BCUT2D eigenvalue weighted by Crippen LogP contribution is 2.15. The Hall–Kier alpha value is -3.49. The summed E-state index contributed by atoms with van der Waals surface area (Å²) in [4.78, 5) is 25.2. The molecule has 1 amide bonds. The number of nitrogens with zero attached hydrogens (tertiary/aromatic N) is 7. The van der Waals surface area contributed by atoms with Gasteiger partial charge in [-0.15, -0.1) is 5.10 Å². The Balaban J connectivity index is 1.41. The fourth-order valence-corrected chi connectivity index (χ4v) is 2.94. The Morgan fingerprint density at radius 1 is 1.07 bits per heavy atom. The molecule has 4 rings (SSSR count). The summed E-state index contributed by atoms with van der Waals surface area (Å²) in [5.74, 6) is 1.01. The van der Waals surface area contributed by atoms with Crippen LogP contribution in [0, 0.1) is 0 Å². The van der Waals surface area contributed by atoms with E-state index in [1.54, 1.807) is 35.2 Å². The number of anilines is 1. The Labute approximate surface area is 156 Å². The molecule has 0 bridgehead atoms. The number of carbonyl (C=O) groups excluding carboxylic acids is 1. The minimum Gasteiger partial charge on any atom is -0.481 e. The van der Waals surface area contributed by atoms with Gasteiger partial charge in [0.15, 0.2) is 5.69 Å². The highest BCUT2D eigenvalue weighted by molar-refractivity contribution is 5.92. The van der Waals surface area contributed by atoms with Gasteiger partial charge in [-0.3, -0.25) is 4.79 Å². The lowest BCUT2D eigenvalue weighted by atomic mass is 10.3. The first-order valence-electron chi connectivity index (χ1n) is 8.63.